The average molecular weight is 120 g/mol. The quantitative estimate of drug-likeness (QED) is 0.399. The van der Waals surface area contributed by atoms with Crippen molar-refractivity contribution in [2.45, 2.75) is 0 Å². The summed E-state index contributed by atoms with van der Waals surface area (Å²) in [5.74, 6) is 0. The fourth-order valence-electron chi connectivity index (χ4n) is 0.252. The van der Waals surface area contributed by atoms with Gasteiger partial charge >= 0.3 is 0 Å². The Bertz CT molecular complexity index is 104. The highest BCUT2D eigenvalue weighted by Gasteiger charge is 2.08. The van der Waals surface area contributed by atoms with Crippen molar-refractivity contribution in [3.63, 3.8) is 0 Å². The maximum atomic E-state index is 8.46. The molecule has 0 unspecified atom stereocenters. The maximum Gasteiger partial charge on any atom is 0.187 e. The van der Waals surface area contributed by atoms with Crippen LogP contribution in [0.4, 0.5) is 0 Å². The lowest BCUT2D eigenvalue weighted by molar-refractivity contribution is -0.0126. The highest BCUT2D eigenvalue weighted by Crippen LogP contribution is 2.17. The van der Waals surface area contributed by atoms with Crippen molar-refractivity contribution in [1.29, 1.82) is 0 Å². The number of aliphatic hydroxyl groups is 1. The van der Waals surface area contributed by atoms with Gasteiger partial charge in [0.15, 0.2) is 5.09 Å². The second kappa shape index (κ2) is 1.61. The molecular formula is C2H4N2O2S. The van der Waals surface area contributed by atoms with Gasteiger partial charge in [-0.2, -0.15) is 0 Å². The number of nitrogens with one attached hydrogen (secondary N) is 1. The van der Waals surface area contributed by atoms with Crippen LogP contribution in [-0.4, -0.2) is 14.9 Å². The molecule has 0 aromatic carbocycles. The van der Waals surface area contributed by atoms with Gasteiger partial charge in [-0.05, 0) is 4.58 Å². The van der Waals surface area contributed by atoms with Crippen LogP contribution in [0.3, 0.4) is 0 Å². The normalized spacial score (nSPS) is 21.6. The van der Waals surface area contributed by atoms with E-state index >= 15 is 0 Å². The van der Waals surface area contributed by atoms with E-state index in [1.807, 2.05) is 0 Å². The van der Waals surface area contributed by atoms with Gasteiger partial charge < -0.3 is 5.11 Å². The monoisotopic (exact) mass is 120 g/mol. The zero-order chi connectivity index (χ0) is 5.28. The summed E-state index contributed by atoms with van der Waals surface area (Å²) in [5, 5.41) is 16.9. The van der Waals surface area contributed by atoms with Gasteiger partial charge in [-0.15, -0.1) is 0 Å². The summed E-state index contributed by atoms with van der Waals surface area (Å²) < 4.78 is 0.704. The highest BCUT2D eigenvalue weighted by atomic mass is 32.2. The molecule has 0 saturated carbocycles. The first-order valence-corrected chi connectivity index (χ1v) is 2.38. The SMILES string of the molecule is OC1=CNN(O)S1. The molecule has 0 aromatic heterocycles. The molecule has 0 atom stereocenters. The molecule has 0 radical (unpaired) electrons. The number of hydrogen-bond donors (Lipinski definition) is 3. The zero-order valence-corrected chi connectivity index (χ0v) is 4.14. The van der Waals surface area contributed by atoms with E-state index < -0.39 is 0 Å². The summed E-state index contributed by atoms with van der Waals surface area (Å²) in [5.41, 5.74) is 2.31. The van der Waals surface area contributed by atoms with E-state index in [1.54, 1.807) is 0 Å². The second-order valence-electron chi connectivity index (χ2n) is 0.976. The molecule has 0 saturated heterocycles. The minimum atomic E-state index is 0.0579. The molecule has 0 aliphatic carbocycles. The Hall–Kier alpha value is -0.390. The van der Waals surface area contributed by atoms with E-state index in [9.17, 15) is 0 Å². The van der Waals surface area contributed by atoms with E-state index in [1.165, 1.54) is 6.20 Å². The Morgan fingerprint density at radius 3 is 2.71 bits per heavy atom. The van der Waals surface area contributed by atoms with Crippen LogP contribution in [0.2, 0.25) is 0 Å². The molecule has 1 aliphatic rings. The predicted octanol–water partition coefficient (Wildman–Crippen LogP) is 0.201. The fourth-order valence-corrected chi connectivity index (χ4v) is 0.640. The van der Waals surface area contributed by atoms with Crippen LogP contribution in [-0.2, 0) is 0 Å². The Kier molecular flexibility index (Phi) is 1.09. The Labute approximate surface area is 44.5 Å². The van der Waals surface area contributed by atoms with Gasteiger partial charge in [0, 0.05) is 11.9 Å². The zero-order valence-electron chi connectivity index (χ0n) is 3.33. The molecule has 1 rings (SSSR count). The summed E-state index contributed by atoms with van der Waals surface area (Å²) >= 11 is 0.815. The first kappa shape index (κ1) is 4.76. The first-order chi connectivity index (χ1) is 3.29. The molecule has 3 N–H and O–H groups in total. The van der Waals surface area contributed by atoms with Gasteiger partial charge in [-0.25, -0.2) is 0 Å². The predicted molar refractivity (Wildman–Crippen MR) is 25.1 cm³/mol. The van der Waals surface area contributed by atoms with Crippen LogP contribution in [0.5, 0.6) is 0 Å². The molecule has 1 heterocycles. The molecule has 0 bridgehead atoms. The molecule has 0 spiro atoms. The number of nitrogens with zero attached hydrogens (tertiary/aromatic N) is 1. The lowest BCUT2D eigenvalue weighted by atomic mass is 11.0. The minimum absolute atomic E-state index is 0.0579. The van der Waals surface area contributed by atoms with Crippen molar-refractivity contribution in [3.8, 4) is 0 Å². The standard InChI is InChI=1S/C2H4N2O2S/c5-2-1-3-4(6)7-2/h1,3,5-6H. The van der Waals surface area contributed by atoms with Crippen LogP contribution in [0.25, 0.3) is 0 Å². The molecule has 40 valence electrons. The van der Waals surface area contributed by atoms with Crippen LogP contribution < -0.4 is 5.43 Å². The molecule has 4 nitrogen and oxygen atoms in total. The maximum absolute atomic E-state index is 8.46. The molecule has 1 aliphatic heterocycles. The van der Waals surface area contributed by atoms with Gasteiger partial charge in [0.25, 0.3) is 0 Å². The first-order valence-electron chi connectivity index (χ1n) is 1.61. The Morgan fingerprint density at radius 1 is 1.86 bits per heavy atom. The lowest BCUT2D eigenvalue weighted by Crippen LogP contribution is -2.17. The molecule has 5 heteroatoms. The van der Waals surface area contributed by atoms with Crippen molar-refractivity contribution < 1.29 is 10.3 Å². The Morgan fingerprint density at radius 2 is 2.57 bits per heavy atom. The molecule has 7 heavy (non-hydrogen) atoms. The third kappa shape index (κ3) is 0.986. The van der Waals surface area contributed by atoms with Gasteiger partial charge in [-0.3, -0.25) is 10.6 Å². The topological polar surface area (TPSA) is 55.7 Å². The van der Waals surface area contributed by atoms with Crippen LogP contribution >= 0.6 is 11.9 Å². The summed E-state index contributed by atoms with van der Waals surface area (Å²) in [6, 6.07) is 0. The molecule has 0 fully saturated rings. The number of hydrazine groups is 1. The van der Waals surface area contributed by atoms with E-state index in [4.69, 9.17) is 10.3 Å². The van der Waals surface area contributed by atoms with E-state index in [0.717, 1.165) is 11.9 Å². The molecule has 0 amide bonds. The Balaban J connectivity index is 2.42. The van der Waals surface area contributed by atoms with Gasteiger partial charge in [0.05, 0.1) is 6.20 Å². The number of hydrogen-bond acceptors (Lipinski definition) is 5. The van der Waals surface area contributed by atoms with Crippen LogP contribution in [0.15, 0.2) is 11.3 Å². The van der Waals surface area contributed by atoms with Crippen molar-refractivity contribution in [1.82, 2.24) is 10.0 Å². The van der Waals surface area contributed by atoms with E-state index in [2.05, 4.69) is 5.43 Å². The summed E-state index contributed by atoms with van der Waals surface area (Å²) in [4.78, 5) is 0. The molecular weight excluding hydrogens is 116 g/mol. The third-order valence-corrected chi connectivity index (χ3v) is 1.06. The minimum Gasteiger partial charge on any atom is -0.500 e. The van der Waals surface area contributed by atoms with Crippen molar-refractivity contribution >= 4 is 11.9 Å². The van der Waals surface area contributed by atoms with Crippen LogP contribution in [0.1, 0.15) is 0 Å². The van der Waals surface area contributed by atoms with Crippen molar-refractivity contribution in [2.24, 2.45) is 0 Å². The van der Waals surface area contributed by atoms with Crippen LogP contribution in [0, 0.1) is 0 Å². The summed E-state index contributed by atoms with van der Waals surface area (Å²) in [7, 11) is 0. The average Bonchev–Trinajstić information content (AvgIpc) is 1.87. The third-order valence-electron chi connectivity index (χ3n) is 0.478. The van der Waals surface area contributed by atoms with Gasteiger partial charge in [0.2, 0.25) is 0 Å². The second-order valence-corrected chi connectivity index (χ2v) is 1.92. The van der Waals surface area contributed by atoms with Gasteiger partial charge in [-0.1, -0.05) is 0 Å². The fraction of sp³-hybridized carbons (Fsp3) is 0. The van der Waals surface area contributed by atoms with E-state index in [0.29, 0.717) is 4.58 Å². The highest BCUT2D eigenvalue weighted by molar-refractivity contribution is 8.00. The van der Waals surface area contributed by atoms with Crippen molar-refractivity contribution in [2.75, 3.05) is 0 Å². The smallest absolute Gasteiger partial charge is 0.187 e. The largest absolute Gasteiger partial charge is 0.500 e. The number of aliphatic hydroxyl groups excluding tert-OH is 1. The summed E-state index contributed by atoms with van der Waals surface area (Å²) in [6.07, 6.45) is 1.28. The summed E-state index contributed by atoms with van der Waals surface area (Å²) in [6.45, 7) is 0. The molecule has 0 aromatic rings. The number of rotatable bonds is 0. The lowest BCUT2D eigenvalue weighted by Gasteiger charge is -1.99. The van der Waals surface area contributed by atoms with E-state index in [-0.39, 0.29) is 5.09 Å². The van der Waals surface area contributed by atoms with Crippen molar-refractivity contribution in [3.05, 3.63) is 11.3 Å². The van der Waals surface area contributed by atoms with Gasteiger partial charge in [0.1, 0.15) is 0 Å².